The van der Waals surface area contributed by atoms with Gasteiger partial charge < -0.3 is 20.7 Å². The van der Waals surface area contributed by atoms with E-state index in [9.17, 15) is 4.79 Å². The Hall–Kier alpha value is -1.76. The number of hydrogen-bond acceptors (Lipinski definition) is 4. The zero-order valence-electron chi connectivity index (χ0n) is 15.5. The van der Waals surface area contributed by atoms with Crippen molar-refractivity contribution in [2.45, 2.75) is 52.7 Å². The summed E-state index contributed by atoms with van der Waals surface area (Å²) in [5.41, 5.74) is -0.481. The molecule has 136 valence electrons. The van der Waals surface area contributed by atoms with Gasteiger partial charge in [-0.3, -0.25) is 4.99 Å². The van der Waals surface area contributed by atoms with E-state index < -0.39 is 11.7 Å². The molecular formula is C17H30N4O2S. The standard InChI is InChI=1S/C17H30N4O2S/c1-12(11-14-8-7-13(2)24-14)21-15(18-6)19-9-10-20-16(22)23-17(3,4)5/h7-8,12H,9-11H2,1-6H3,(H,20,22)(H2,18,19,21). The van der Waals surface area contributed by atoms with E-state index >= 15 is 0 Å². The van der Waals surface area contributed by atoms with Gasteiger partial charge in [0.2, 0.25) is 0 Å². The van der Waals surface area contributed by atoms with Gasteiger partial charge in [0, 0.05) is 42.4 Å². The highest BCUT2D eigenvalue weighted by molar-refractivity contribution is 7.11. The summed E-state index contributed by atoms with van der Waals surface area (Å²) in [6, 6.07) is 4.58. The number of carbonyl (C=O) groups is 1. The molecule has 3 N–H and O–H groups in total. The van der Waals surface area contributed by atoms with Gasteiger partial charge in [-0.1, -0.05) is 0 Å². The molecule has 24 heavy (non-hydrogen) atoms. The van der Waals surface area contributed by atoms with Crippen molar-refractivity contribution in [3.8, 4) is 0 Å². The van der Waals surface area contributed by atoms with E-state index in [1.807, 2.05) is 32.1 Å². The van der Waals surface area contributed by atoms with Crippen LogP contribution in [0.1, 0.15) is 37.4 Å². The number of ether oxygens (including phenoxy) is 1. The van der Waals surface area contributed by atoms with Crippen LogP contribution >= 0.6 is 11.3 Å². The predicted octanol–water partition coefficient (Wildman–Crippen LogP) is 2.68. The van der Waals surface area contributed by atoms with Crippen LogP contribution in [0.4, 0.5) is 4.79 Å². The molecule has 1 rings (SSSR count). The Bertz CT molecular complexity index is 549. The second-order valence-corrected chi connectivity index (χ2v) is 8.06. The minimum absolute atomic E-state index is 0.271. The average Bonchev–Trinajstić information content (AvgIpc) is 2.85. The molecule has 0 bridgehead atoms. The van der Waals surface area contributed by atoms with E-state index in [0.29, 0.717) is 13.1 Å². The number of nitrogens with one attached hydrogen (secondary N) is 3. The smallest absolute Gasteiger partial charge is 0.407 e. The number of aryl methyl sites for hydroxylation is 1. The average molecular weight is 355 g/mol. The number of amides is 1. The van der Waals surface area contributed by atoms with Crippen LogP contribution in [-0.2, 0) is 11.2 Å². The molecule has 6 nitrogen and oxygen atoms in total. The van der Waals surface area contributed by atoms with E-state index in [1.165, 1.54) is 9.75 Å². The number of guanidine groups is 1. The summed E-state index contributed by atoms with van der Waals surface area (Å²) in [5, 5.41) is 9.24. The molecule has 0 aliphatic heterocycles. The maximum absolute atomic E-state index is 11.6. The topological polar surface area (TPSA) is 74.8 Å². The van der Waals surface area contributed by atoms with E-state index in [0.717, 1.165) is 12.4 Å². The molecule has 0 saturated carbocycles. The normalized spacial score (nSPS) is 13.3. The van der Waals surface area contributed by atoms with Crippen LogP contribution in [0.3, 0.4) is 0 Å². The second-order valence-electron chi connectivity index (χ2n) is 6.69. The molecule has 0 spiro atoms. The van der Waals surface area contributed by atoms with E-state index in [4.69, 9.17) is 4.74 Å². The maximum atomic E-state index is 11.6. The molecular weight excluding hydrogens is 324 g/mol. The van der Waals surface area contributed by atoms with Crippen LogP contribution in [0.2, 0.25) is 0 Å². The quantitative estimate of drug-likeness (QED) is 0.417. The summed E-state index contributed by atoms with van der Waals surface area (Å²) >= 11 is 1.82. The monoisotopic (exact) mass is 354 g/mol. The summed E-state index contributed by atoms with van der Waals surface area (Å²) < 4.78 is 5.18. The van der Waals surface area contributed by atoms with Crippen molar-refractivity contribution in [1.29, 1.82) is 0 Å². The molecule has 1 aromatic heterocycles. The number of carbonyl (C=O) groups excluding carboxylic acids is 1. The van der Waals surface area contributed by atoms with Gasteiger partial charge in [-0.15, -0.1) is 11.3 Å². The highest BCUT2D eigenvalue weighted by atomic mass is 32.1. The molecule has 1 heterocycles. The Morgan fingerprint density at radius 3 is 2.50 bits per heavy atom. The summed E-state index contributed by atoms with van der Waals surface area (Å²) in [6.45, 7) is 10.8. The van der Waals surface area contributed by atoms with E-state index in [1.54, 1.807) is 7.05 Å². The Balaban J connectivity index is 2.26. The molecule has 0 radical (unpaired) electrons. The van der Waals surface area contributed by atoms with Crippen molar-refractivity contribution in [3.63, 3.8) is 0 Å². The minimum atomic E-state index is -0.481. The molecule has 0 aliphatic carbocycles. The van der Waals surface area contributed by atoms with E-state index in [2.05, 4.69) is 46.9 Å². The van der Waals surface area contributed by atoms with Crippen LogP contribution < -0.4 is 16.0 Å². The van der Waals surface area contributed by atoms with Crippen LogP contribution in [-0.4, -0.2) is 43.8 Å². The fourth-order valence-corrected chi connectivity index (χ4v) is 3.05. The van der Waals surface area contributed by atoms with Gasteiger partial charge in [0.05, 0.1) is 0 Å². The van der Waals surface area contributed by atoms with Crippen molar-refractivity contribution in [2.75, 3.05) is 20.1 Å². The molecule has 1 amide bonds. The number of hydrogen-bond donors (Lipinski definition) is 3. The minimum Gasteiger partial charge on any atom is -0.444 e. The van der Waals surface area contributed by atoms with Crippen molar-refractivity contribution in [2.24, 2.45) is 4.99 Å². The fourth-order valence-electron chi connectivity index (χ4n) is 2.04. The van der Waals surface area contributed by atoms with Gasteiger partial charge in [0.15, 0.2) is 5.96 Å². The third-order valence-corrected chi connectivity index (χ3v) is 4.02. The lowest BCUT2D eigenvalue weighted by Gasteiger charge is -2.20. The van der Waals surface area contributed by atoms with Crippen LogP contribution in [0.25, 0.3) is 0 Å². The maximum Gasteiger partial charge on any atom is 0.407 e. The summed E-state index contributed by atoms with van der Waals surface area (Å²) in [5.74, 6) is 0.724. The lowest BCUT2D eigenvalue weighted by atomic mass is 10.2. The zero-order valence-corrected chi connectivity index (χ0v) is 16.3. The number of nitrogens with zero attached hydrogens (tertiary/aromatic N) is 1. The molecule has 1 atom stereocenters. The Morgan fingerprint density at radius 2 is 1.96 bits per heavy atom. The molecule has 0 aromatic carbocycles. The van der Waals surface area contributed by atoms with Crippen LogP contribution in [0, 0.1) is 6.92 Å². The highest BCUT2D eigenvalue weighted by Crippen LogP contribution is 2.16. The highest BCUT2D eigenvalue weighted by Gasteiger charge is 2.15. The molecule has 0 saturated heterocycles. The van der Waals surface area contributed by atoms with Gasteiger partial charge in [-0.2, -0.15) is 0 Å². The van der Waals surface area contributed by atoms with Crippen molar-refractivity contribution >= 4 is 23.4 Å². The van der Waals surface area contributed by atoms with Crippen LogP contribution in [0.5, 0.6) is 0 Å². The molecule has 7 heteroatoms. The van der Waals surface area contributed by atoms with E-state index in [-0.39, 0.29) is 6.04 Å². The fraction of sp³-hybridized carbons (Fsp3) is 0.647. The van der Waals surface area contributed by atoms with Crippen molar-refractivity contribution in [3.05, 3.63) is 21.9 Å². The Kier molecular flexibility index (Phi) is 8.04. The largest absolute Gasteiger partial charge is 0.444 e. The van der Waals surface area contributed by atoms with Gasteiger partial charge >= 0.3 is 6.09 Å². The SMILES string of the molecule is CN=C(NCCNC(=O)OC(C)(C)C)NC(C)Cc1ccc(C)s1. The lowest BCUT2D eigenvalue weighted by Crippen LogP contribution is -2.45. The first kappa shape index (κ1) is 20.3. The van der Waals surface area contributed by atoms with Gasteiger partial charge in [0.25, 0.3) is 0 Å². The number of aliphatic imine (C=N–C) groups is 1. The summed E-state index contributed by atoms with van der Waals surface area (Å²) in [4.78, 5) is 18.4. The lowest BCUT2D eigenvalue weighted by molar-refractivity contribution is 0.0529. The zero-order chi connectivity index (χ0) is 18.2. The summed E-state index contributed by atoms with van der Waals surface area (Å²) in [7, 11) is 1.73. The first-order chi connectivity index (χ1) is 11.2. The Labute approximate surface area is 149 Å². The first-order valence-corrected chi connectivity index (χ1v) is 9.00. The third-order valence-electron chi connectivity index (χ3n) is 3.00. The summed E-state index contributed by atoms with van der Waals surface area (Å²) in [6.07, 6.45) is 0.545. The van der Waals surface area contributed by atoms with Crippen LogP contribution in [0.15, 0.2) is 17.1 Å². The van der Waals surface area contributed by atoms with Gasteiger partial charge in [-0.25, -0.2) is 4.79 Å². The van der Waals surface area contributed by atoms with Crippen molar-refractivity contribution < 1.29 is 9.53 Å². The number of alkyl carbamates (subject to hydrolysis) is 1. The first-order valence-electron chi connectivity index (χ1n) is 8.19. The predicted molar refractivity (Wildman–Crippen MR) is 101 cm³/mol. The number of rotatable bonds is 6. The molecule has 1 unspecified atom stereocenters. The van der Waals surface area contributed by atoms with Crippen molar-refractivity contribution in [1.82, 2.24) is 16.0 Å². The molecule has 0 fully saturated rings. The third kappa shape index (κ3) is 8.76. The number of thiophene rings is 1. The van der Waals surface area contributed by atoms with Gasteiger partial charge in [-0.05, 0) is 46.8 Å². The Morgan fingerprint density at radius 1 is 1.29 bits per heavy atom. The molecule has 0 aliphatic rings. The second kappa shape index (κ2) is 9.52. The van der Waals surface area contributed by atoms with Gasteiger partial charge in [0.1, 0.15) is 5.60 Å². The molecule has 1 aromatic rings.